The third kappa shape index (κ3) is 4.87. The SMILES string of the molecule is CC(=O)c1ccc(S(=O)(=O)N2CCN(C(=O)C3CCNCC3)CC2)cc1.Cl. The van der Waals surface area contributed by atoms with Gasteiger partial charge in [-0.1, -0.05) is 12.1 Å². The van der Waals surface area contributed by atoms with Gasteiger partial charge in [0.2, 0.25) is 15.9 Å². The molecule has 1 amide bonds. The largest absolute Gasteiger partial charge is 0.340 e. The molecule has 1 aromatic rings. The number of sulfonamides is 1. The van der Waals surface area contributed by atoms with Crippen LogP contribution in [0.25, 0.3) is 0 Å². The van der Waals surface area contributed by atoms with E-state index in [1.54, 1.807) is 4.90 Å². The second-order valence-corrected chi connectivity index (χ2v) is 8.77. The molecule has 1 aromatic carbocycles. The van der Waals surface area contributed by atoms with Crippen molar-refractivity contribution in [3.05, 3.63) is 29.8 Å². The Labute approximate surface area is 166 Å². The highest BCUT2D eigenvalue weighted by atomic mass is 35.5. The fraction of sp³-hybridized carbons (Fsp3) is 0.556. The number of piperazine rings is 1. The maximum Gasteiger partial charge on any atom is 0.243 e. The Bertz CT molecular complexity index is 768. The minimum absolute atomic E-state index is 0. The first-order valence-corrected chi connectivity index (χ1v) is 10.4. The summed E-state index contributed by atoms with van der Waals surface area (Å²) in [5, 5.41) is 3.25. The fourth-order valence-electron chi connectivity index (χ4n) is 3.49. The molecule has 2 fully saturated rings. The molecule has 2 heterocycles. The first-order chi connectivity index (χ1) is 12.4. The van der Waals surface area contributed by atoms with Crippen molar-refractivity contribution in [1.82, 2.24) is 14.5 Å². The molecule has 0 aromatic heterocycles. The van der Waals surface area contributed by atoms with E-state index in [4.69, 9.17) is 0 Å². The van der Waals surface area contributed by atoms with Crippen LogP contribution < -0.4 is 5.32 Å². The highest BCUT2D eigenvalue weighted by Crippen LogP contribution is 2.21. The maximum absolute atomic E-state index is 12.8. The third-order valence-corrected chi connectivity index (χ3v) is 7.05. The van der Waals surface area contributed by atoms with Gasteiger partial charge in [-0.3, -0.25) is 9.59 Å². The van der Waals surface area contributed by atoms with Crippen molar-refractivity contribution >= 4 is 34.1 Å². The molecule has 0 aliphatic carbocycles. The number of piperidine rings is 1. The van der Waals surface area contributed by atoms with E-state index in [0.29, 0.717) is 31.7 Å². The number of ketones is 1. The molecule has 7 nitrogen and oxygen atoms in total. The van der Waals surface area contributed by atoms with Gasteiger partial charge in [-0.15, -0.1) is 12.4 Å². The number of nitrogens with one attached hydrogen (secondary N) is 1. The van der Waals surface area contributed by atoms with Crippen LogP contribution in [-0.2, 0) is 14.8 Å². The third-order valence-electron chi connectivity index (χ3n) is 5.14. The van der Waals surface area contributed by atoms with Crippen LogP contribution >= 0.6 is 12.4 Å². The van der Waals surface area contributed by atoms with Crippen molar-refractivity contribution in [3.8, 4) is 0 Å². The second kappa shape index (κ2) is 9.14. The molecule has 2 saturated heterocycles. The Morgan fingerprint density at radius 1 is 1.00 bits per heavy atom. The zero-order chi connectivity index (χ0) is 18.7. The normalized spacial score (nSPS) is 19.4. The van der Waals surface area contributed by atoms with Crippen molar-refractivity contribution in [2.24, 2.45) is 5.92 Å². The van der Waals surface area contributed by atoms with Crippen molar-refractivity contribution in [1.29, 1.82) is 0 Å². The lowest BCUT2D eigenvalue weighted by Gasteiger charge is -2.36. The lowest BCUT2D eigenvalue weighted by atomic mass is 9.96. The molecule has 0 spiro atoms. The van der Waals surface area contributed by atoms with Crippen LogP contribution in [0.2, 0.25) is 0 Å². The van der Waals surface area contributed by atoms with Crippen LogP contribution in [0.4, 0.5) is 0 Å². The topological polar surface area (TPSA) is 86.8 Å². The summed E-state index contributed by atoms with van der Waals surface area (Å²) in [5.74, 6) is 0.104. The van der Waals surface area contributed by atoms with E-state index >= 15 is 0 Å². The molecule has 0 unspecified atom stereocenters. The molecular formula is C18H26ClN3O4S. The van der Waals surface area contributed by atoms with Gasteiger partial charge < -0.3 is 10.2 Å². The van der Waals surface area contributed by atoms with Crippen molar-refractivity contribution in [2.75, 3.05) is 39.3 Å². The van der Waals surface area contributed by atoms with Gasteiger partial charge in [0.15, 0.2) is 5.78 Å². The molecule has 27 heavy (non-hydrogen) atoms. The number of nitrogens with zero attached hydrogens (tertiary/aromatic N) is 2. The molecule has 0 radical (unpaired) electrons. The summed E-state index contributed by atoms with van der Waals surface area (Å²) in [6.07, 6.45) is 1.69. The van der Waals surface area contributed by atoms with E-state index in [1.165, 1.54) is 35.5 Å². The zero-order valence-electron chi connectivity index (χ0n) is 15.4. The lowest BCUT2D eigenvalue weighted by Crippen LogP contribution is -2.52. The number of Topliss-reactive ketones (excluding diaryl/α,β-unsaturated/α-hetero) is 1. The smallest absolute Gasteiger partial charge is 0.243 e. The van der Waals surface area contributed by atoms with Gasteiger partial charge in [-0.2, -0.15) is 4.31 Å². The molecular weight excluding hydrogens is 390 g/mol. The molecule has 0 atom stereocenters. The van der Waals surface area contributed by atoms with Crippen LogP contribution in [-0.4, -0.2) is 68.6 Å². The number of carbonyl (C=O) groups excluding carboxylic acids is 2. The number of rotatable bonds is 4. The fourth-order valence-corrected chi connectivity index (χ4v) is 4.91. The Kier molecular flexibility index (Phi) is 7.39. The minimum Gasteiger partial charge on any atom is -0.340 e. The van der Waals surface area contributed by atoms with Crippen LogP contribution in [0, 0.1) is 5.92 Å². The molecule has 0 bridgehead atoms. The number of hydrogen-bond donors (Lipinski definition) is 1. The summed E-state index contributed by atoms with van der Waals surface area (Å²) < 4.78 is 27.0. The average Bonchev–Trinajstić information content (AvgIpc) is 2.68. The number of hydrogen-bond acceptors (Lipinski definition) is 5. The molecule has 150 valence electrons. The van der Waals surface area contributed by atoms with Crippen LogP contribution in [0.1, 0.15) is 30.1 Å². The molecule has 2 aliphatic heterocycles. The molecule has 0 saturated carbocycles. The minimum atomic E-state index is -3.60. The number of amides is 1. The molecule has 9 heteroatoms. The van der Waals surface area contributed by atoms with E-state index in [1.807, 2.05) is 0 Å². The van der Waals surface area contributed by atoms with Gasteiger partial charge in [0.05, 0.1) is 4.90 Å². The Hall–Kier alpha value is -1.48. The van der Waals surface area contributed by atoms with Crippen LogP contribution in [0.15, 0.2) is 29.2 Å². The summed E-state index contributed by atoms with van der Waals surface area (Å²) in [4.78, 5) is 25.9. The van der Waals surface area contributed by atoms with Crippen molar-refractivity contribution in [3.63, 3.8) is 0 Å². The van der Waals surface area contributed by atoms with Gasteiger partial charge in [0.25, 0.3) is 0 Å². The zero-order valence-corrected chi connectivity index (χ0v) is 17.0. The Morgan fingerprint density at radius 3 is 2.07 bits per heavy atom. The number of benzene rings is 1. The van der Waals surface area contributed by atoms with E-state index in [2.05, 4.69) is 5.32 Å². The Balaban J connectivity index is 0.00000261. The second-order valence-electron chi connectivity index (χ2n) is 6.83. The summed E-state index contributed by atoms with van der Waals surface area (Å²) in [7, 11) is -3.60. The number of carbonyl (C=O) groups is 2. The first kappa shape index (κ1) is 21.8. The van der Waals surface area contributed by atoms with E-state index in [0.717, 1.165) is 25.9 Å². The van der Waals surface area contributed by atoms with Crippen LogP contribution in [0.5, 0.6) is 0 Å². The highest BCUT2D eigenvalue weighted by Gasteiger charge is 2.32. The molecule has 1 N–H and O–H groups in total. The van der Waals surface area contributed by atoms with E-state index in [-0.39, 0.29) is 34.9 Å². The van der Waals surface area contributed by atoms with Gasteiger partial charge in [-0.05, 0) is 45.0 Å². The van der Waals surface area contributed by atoms with Crippen LogP contribution in [0.3, 0.4) is 0 Å². The van der Waals surface area contributed by atoms with Crippen molar-refractivity contribution < 1.29 is 18.0 Å². The summed E-state index contributed by atoms with van der Waals surface area (Å²) >= 11 is 0. The first-order valence-electron chi connectivity index (χ1n) is 9.00. The predicted octanol–water partition coefficient (Wildman–Crippen LogP) is 1.14. The van der Waals surface area contributed by atoms with Gasteiger partial charge in [0.1, 0.15) is 0 Å². The molecule has 3 rings (SSSR count). The summed E-state index contributed by atoms with van der Waals surface area (Å²) in [5.41, 5.74) is 0.487. The van der Waals surface area contributed by atoms with Crippen molar-refractivity contribution in [2.45, 2.75) is 24.7 Å². The maximum atomic E-state index is 12.8. The van der Waals surface area contributed by atoms with Gasteiger partial charge in [-0.25, -0.2) is 8.42 Å². The van der Waals surface area contributed by atoms with E-state index in [9.17, 15) is 18.0 Å². The highest BCUT2D eigenvalue weighted by molar-refractivity contribution is 7.89. The predicted molar refractivity (Wildman–Crippen MR) is 105 cm³/mol. The summed E-state index contributed by atoms with van der Waals surface area (Å²) in [6.45, 7) is 4.62. The Morgan fingerprint density at radius 2 is 1.56 bits per heavy atom. The monoisotopic (exact) mass is 415 g/mol. The van der Waals surface area contributed by atoms with Gasteiger partial charge in [0, 0.05) is 37.7 Å². The average molecular weight is 416 g/mol. The standard InChI is InChI=1S/C18H25N3O4S.ClH/c1-14(22)15-2-4-17(5-3-15)26(24,25)21-12-10-20(11-13-21)18(23)16-6-8-19-9-7-16;/h2-5,16,19H,6-13H2,1H3;1H. The summed E-state index contributed by atoms with van der Waals surface area (Å²) in [6, 6.07) is 6.01. The lowest BCUT2D eigenvalue weighted by molar-refractivity contribution is -0.137. The quantitative estimate of drug-likeness (QED) is 0.745. The number of halogens is 1. The van der Waals surface area contributed by atoms with E-state index < -0.39 is 10.0 Å². The van der Waals surface area contributed by atoms with Gasteiger partial charge >= 0.3 is 0 Å². The molecule has 2 aliphatic rings.